The number of carbonyl (C=O) groups excluding carboxylic acids is 2. The van der Waals surface area contributed by atoms with Crippen LogP contribution < -0.4 is 5.32 Å². The number of aromatic nitrogens is 2. The van der Waals surface area contributed by atoms with Gasteiger partial charge in [0.05, 0.1) is 23.6 Å². The Morgan fingerprint density at radius 1 is 1.12 bits per heavy atom. The maximum absolute atomic E-state index is 12.7. The second-order valence-corrected chi connectivity index (χ2v) is 7.44. The summed E-state index contributed by atoms with van der Waals surface area (Å²) in [6.07, 6.45) is 7.22. The molecule has 2 aliphatic rings. The Balaban J connectivity index is 1.39. The minimum atomic E-state index is -0.0264. The zero-order chi connectivity index (χ0) is 17.9. The van der Waals surface area contributed by atoms with Crippen LogP contribution >= 0.6 is 0 Å². The van der Waals surface area contributed by atoms with Gasteiger partial charge in [0, 0.05) is 12.5 Å². The lowest BCUT2D eigenvalue weighted by atomic mass is 9.89. The molecule has 138 valence electrons. The second-order valence-electron chi connectivity index (χ2n) is 7.44. The van der Waals surface area contributed by atoms with Crippen LogP contribution in [-0.2, 0) is 9.59 Å². The molecule has 1 aliphatic heterocycles. The van der Waals surface area contributed by atoms with Crippen LogP contribution in [-0.4, -0.2) is 39.8 Å². The van der Waals surface area contributed by atoms with Gasteiger partial charge in [0.25, 0.3) is 0 Å². The maximum atomic E-state index is 12.7. The Morgan fingerprint density at radius 3 is 2.73 bits per heavy atom. The standard InChI is InChI=1S/C20H26N4O2/c25-18(13-21-20(26)14-7-2-1-3-8-14)24-12-6-11-17(24)19-22-15-9-4-5-10-16(15)23-19/h4-5,9-10,14,17H,1-3,6-8,11-13H2,(H,21,26)(H,22,23)/t17-/m1/s1. The molecule has 6 nitrogen and oxygen atoms in total. The van der Waals surface area contributed by atoms with E-state index in [1.807, 2.05) is 29.2 Å². The number of benzene rings is 1. The molecule has 2 aromatic rings. The molecule has 2 heterocycles. The highest BCUT2D eigenvalue weighted by molar-refractivity contribution is 5.86. The number of H-pyrrole nitrogens is 1. The Bertz CT molecular complexity index is 761. The first-order valence-corrected chi connectivity index (χ1v) is 9.74. The summed E-state index contributed by atoms with van der Waals surface area (Å²) in [5.74, 6) is 0.951. The molecule has 6 heteroatoms. The average Bonchev–Trinajstić information content (AvgIpc) is 3.32. The summed E-state index contributed by atoms with van der Waals surface area (Å²) < 4.78 is 0. The summed E-state index contributed by atoms with van der Waals surface area (Å²) in [6, 6.07) is 7.88. The predicted octanol–water partition coefficient (Wildman–Crippen LogP) is 2.92. The van der Waals surface area contributed by atoms with E-state index in [1.165, 1.54) is 6.42 Å². The number of para-hydroxylation sites is 2. The third kappa shape index (κ3) is 3.45. The van der Waals surface area contributed by atoms with Crippen LogP contribution in [0.25, 0.3) is 11.0 Å². The van der Waals surface area contributed by atoms with E-state index in [0.717, 1.165) is 61.9 Å². The fraction of sp³-hybridized carbons (Fsp3) is 0.550. The number of aromatic amines is 1. The molecule has 2 fully saturated rings. The van der Waals surface area contributed by atoms with E-state index in [-0.39, 0.29) is 30.3 Å². The monoisotopic (exact) mass is 354 g/mol. The zero-order valence-electron chi connectivity index (χ0n) is 15.0. The molecular weight excluding hydrogens is 328 g/mol. The van der Waals surface area contributed by atoms with Gasteiger partial charge in [0.2, 0.25) is 11.8 Å². The molecule has 0 unspecified atom stereocenters. The third-order valence-electron chi connectivity index (χ3n) is 5.69. The number of nitrogens with one attached hydrogen (secondary N) is 2. The second kappa shape index (κ2) is 7.48. The van der Waals surface area contributed by atoms with Gasteiger partial charge in [-0.2, -0.15) is 0 Å². The molecule has 1 aromatic carbocycles. The van der Waals surface area contributed by atoms with E-state index in [1.54, 1.807) is 0 Å². The largest absolute Gasteiger partial charge is 0.347 e. The van der Waals surface area contributed by atoms with Gasteiger partial charge >= 0.3 is 0 Å². The summed E-state index contributed by atoms with van der Waals surface area (Å²) in [4.78, 5) is 34.9. The summed E-state index contributed by atoms with van der Waals surface area (Å²) in [6.45, 7) is 0.811. The lowest BCUT2D eigenvalue weighted by molar-refractivity contribution is -0.135. The molecule has 4 rings (SSSR count). The van der Waals surface area contributed by atoms with E-state index >= 15 is 0 Å². The number of amides is 2. The van der Waals surface area contributed by atoms with Gasteiger partial charge in [-0.3, -0.25) is 9.59 Å². The van der Waals surface area contributed by atoms with Crippen molar-refractivity contribution in [1.29, 1.82) is 0 Å². The van der Waals surface area contributed by atoms with E-state index in [0.29, 0.717) is 0 Å². The van der Waals surface area contributed by atoms with E-state index in [2.05, 4.69) is 15.3 Å². The quantitative estimate of drug-likeness (QED) is 0.886. The molecular formula is C20H26N4O2. The molecule has 1 saturated carbocycles. The first kappa shape index (κ1) is 17.1. The Hall–Kier alpha value is -2.37. The van der Waals surface area contributed by atoms with Crippen molar-refractivity contribution in [3.63, 3.8) is 0 Å². The highest BCUT2D eigenvalue weighted by Gasteiger charge is 2.32. The normalized spacial score (nSPS) is 21.2. The first-order valence-electron chi connectivity index (χ1n) is 9.74. The number of nitrogens with zero attached hydrogens (tertiary/aromatic N) is 2. The topological polar surface area (TPSA) is 78.1 Å². The minimum absolute atomic E-state index is 0.0166. The number of rotatable bonds is 4. The Kier molecular flexibility index (Phi) is 4.91. The minimum Gasteiger partial charge on any atom is -0.347 e. The fourth-order valence-corrected chi connectivity index (χ4v) is 4.25. The highest BCUT2D eigenvalue weighted by atomic mass is 16.2. The Morgan fingerprint density at radius 2 is 1.92 bits per heavy atom. The van der Waals surface area contributed by atoms with Crippen LogP contribution in [0, 0.1) is 5.92 Å². The molecule has 0 bridgehead atoms. The van der Waals surface area contributed by atoms with Crippen molar-refractivity contribution in [2.45, 2.75) is 51.0 Å². The lowest BCUT2D eigenvalue weighted by Crippen LogP contribution is -2.42. The van der Waals surface area contributed by atoms with Gasteiger partial charge < -0.3 is 15.2 Å². The summed E-state index contributed by atoms with van der Waals surface area (Å²) in [7, 11) is 0. The SMILES string of the molecule is O=C(NCC(=O)N1CCC[C@@H]1c1nc2ccccc2[nH]1)C1CCCCC1. The lowest BCUT2D eigenvalue weighted by Gasteiger charge is -2.25. The van der Waals surface area contributed by atoms with Gasteiger partial charge in [-0.05, 0) is 37.8 Å². The van der Waals surface area contributed by atoms with Crippen molar-refractivity contribution in [1.82, 2.24) is 20.2 Å². The van der Waals surface area contributed by atoms with Crippen LogP contribution in [0.15, 0.2) is 24.3 Å². The molecule has 1 atom stereocenters. The zero-order valence-corrected chi connectivity index (χ0v) is 15.0. The first-order chi connectivity index (χ1) is 12.7. The summed E-state index contributed by atoms with van der Waals surface area (Å²) in [5, 5.41) is 2.87. The van der Waals surface area contributed by atoms with Gasteiger partial charge in [0.1, 0.15) is 5.82 Å². The average molecular weight is 354 g/mol. The van der Waals surface area contributed by atoms with Gasteiger partial charge in [0.15, 0.2) is 0 Å². The summed E-state index contributed by atoms with van der Waals surface area (Å²) >= 11 is 0. The van der Waals surface area contributed by atoms with Crippen LogP contribution in [0.4, 0.5) is 0 Å². The van der Waals surface area contributed by atoms with Crippen LogP contribution in [0.5, 0.6) is 0 Å². The number of hydrogen-bond donors (Lipinski definition) is 2. The fourth-order valence-electron chi connectivity index (χ4n) is 4.25. The number of likely N-dealkylation sites (tertiary alicyclic amines) is 1. The highest BCUT2D eigenvalue weighted by Crippen LogP contribution is 2.31. The molecule has 1 aromatic heterocycles. The molecule has 1 saturated heterocycles. The molecule has 26 heavy (non-hydrogen) atoms. The molecule has 1 aliphatic carbocycles. The molecule has 2 amide bonds. The molecule has 2 N–H and O–H groups in total. The molecule has 0 radical (unpaired) electrons. The Labute approximate surface area is 153 Å². The summed E-state index contributed by atoms with van der Waals surface area (Å²) in [5.41, 5.74) is 1.92. The van der Waals surface area contributed by atoms with Gasteiger partial charge in [-0.25, -0.2) is 4.98 Å². The number of imidazole rings is 1. The smallest absolute Gasteiger partial charge is 0.242 e. The van der Waals surface area contributed by atoms with Crippen molar-refractivity contribution < 1.29 is 9.59 Å². The van der Waals surface area contributed by atoms with Crippen molar-refractivity contribution >= 4 is 22.8 Å². The molecule has 0 spiro atoms. The van der Waals surface area contributed by atoms with Crippen molar-refractivity contribution in [3.05, 3.63) is 30.1 Å². The number of carbonyl (C=O) groups is 2. The van der Waals surface area contributed by atoms with Crippen molar-refractivity contribution in [2.24, 2.45) is 5.92 Å². The van der Waals surface area contributed by atoms with E-state index < -0.39 is 0 Å². The van der Waals surface area contributed by atoms with E-state index in [9.17, 15) is 9.59 Å². The van der Waals surface area contributed by atoms with Gasteiger partial charge in [-0.1, -0.05) is 31.4 Å². The number of fused-ring (bicyclic) bond motifs is 1. The predicted molar refractivity (Wildman–Crippen MR) is 99.4 cm³/mol. The van der Waals surface area contributed by atoms with E-state index in [4.69, 9.17) is 0 Å². The third-order valence-corrected chi connectivity index (χ3v) is 5.69. The van der Waals surface area contributed by atoms with Crippen LogP contribution in [0.3, 0.4) is 0 Å². The van der Waals surface area contributed by atoms with Gasteiger partial charge in [-0.15, -0.1) is 0 Å². The maximum Gasteiger partial charge on any atom is 0.242 e. The van der Waals surface area contributed by atoms with Crippen molar-refractivity contribution in [3.8, 4) is 0 Å². The van der Waals surface area contributed by atoms with Crippen LogP contribution in [0.2, 0.25) is 0 Å². The van der Waals surface area contributed by atoms with Crippen LogP contribution in [0.1, 0.15) is 56.8 Å². The number of hydrogen-bond acceptors (Lipinski definition) is 3. The van der Waals surface area contributed by atoms with Crippen molar-refractivity contribution in [2.75, 3.05) is 13.1 Å².